The number of hydrogen-bond donors (Lipinski definition) is 0. The minimum absolute atomic E-state index is 0.113. The van der Waals surface area contributed by atoms with Crippen molar-refractivity contribution in [1.29, 1.82) is 5.26 Å². The number of amides is 1. The Hall–Kier alpha value is -2.42. The van der Waals surface area contributed by atoms with Crippen molar-refractivity contribution in [3.63, 3.8) is 0 Å². The molecule has 2 aliphatic rings. The van der Waals surface area contributed by atoms with Gasteiger partial charge in [0.05, 0.1) is 5.57 Å². The Labute approximate surface area is 134 Å². The van der Waals surface area contributed by atoms with Gasteiger partial charge >= 0.3 is 0 Å². The largest absolute Gasteiger partial charge is 0.445 e. The van der Waals surface area contributed by atoms with E-state index in [-0.39, 0.29) is 22.7 Å². The topological polar surface area (TPSA) is 87.2 Å². The van der Waals surface area contributed by atoms with E-state index >= 15 is 0 Å². The lowest BCUT2D eigenvalue weighted by atomic mass is 9.61. The number of oxazole rings is 1. The maximum Gasteiger partial charge on any atom is 0.276 e. The SMILES string of the molecule is Cc1nc(C(=O)N2CC3(C=C(C#N)C(=O)C(C)(C)C3)C2)c(C)o1. The molecule has 1 saturated heterocycles. The van der Waals surface area contributed by atoms with Crippen LogP contribution in [0.4, 0.5) is 0 Å². The van der Waals surface area contributed by atoms with Crippen LogP contribution in [-0.2, 0) is 4.79 Å². The van der Waals surface area contributed by atoms with Crippen LogP contribution < -0.4 is 0 Å². The molecular weight excluding hydrogens is 294 g/mol. The lowest BCUT2D eigenvalue weighted by Gasteiger charge is -2.53. The average molecular weight is 313 g/mol. The first kappa shape index (κ1) is 15.5. The van der Waals surface area contributed by atoms with Crippen LogP contribution in [0.1, 0.15) is 42.4 Å². The average Bonchev–Trinajstić information content (AvgIpc) is 2.77. The fourth-order valence-corrected chi connectivity index (χ4v) is 3.77. The van der Waals surface area contributed by atoms with E-state index < -0.39 is 5.41 Å². The van der Waals surface area contributed by atoms with Crippen LogP contribution in [-0.4, -0.2) is 34.7 Å². The van der Waals surface area contributed by atoms with Crippen LogP contribution >= 0.6 is 0 Å². The summed E-state index contributed by atoms with van der Waals surface area (Å²) in [6.07, 6.45) is 2.40. The van der Waals surface area contributed by atoms with Gasteiger partial charge in [-0.2, -0.15) is 5.26 Å². The highest BCUT2D eigenvalue weighted by molar-refractivity contribution is 6.04. The molecular formula is C17H19N3O3. The maximum atomic E-state index is 12.5. The number of Topliss-reactive ketones (excluding diaryl/α,β-unsaturated/α-hetero) is 1. The van der Waals surface area contributed by atoms with Crippen molar-refractivity contribution in [2.45, 2.75) is 34.1 Å². The van der Waals surface area contributed by atoms with Crippen molar-refractivity contribution in [2.24, 2.45) is 10.8 Å². The number of carbonyl (C=O) groups is 2. The Morgan fingerprint density at radius 2 is 2.04 bits per heavy atom. The van der Waals surface area contributed by atoms with E-state index in [1.54, 1.807) is 24.8 Å². The zero-order chi connectivity index (χ0) is 17.0. The van der Waals surface area contributed by atoms with Gasteiger partial charge in [0.15, 0.2) is 17.4 Å². The van der Waals surface area contributed by atoms with Crippen molar-refractivity contribution >= 4 is 11.7 Å². The molecule has 1 aliphatic carbocycles. The van der Waals surface area contributed by atoms with Gasteiger partial charge in [-0.05, 0) is 13.3 Å². The Balaban J connectivity index is 1.81. The van der Waals surface area contributed by atoms with Gasteiger partial charge in [0.2, 0.25) is 0 Å². The van der Waals surface area contributed by atoms with Gasteiger partial charge < -0.3 is 9.32 Å². The Bertz CT molecular complexity index is 773. The summed E-state index contributed by atoms with van der Waals surface area (Å²) in [7, 11) is 0. The summed E-state index contributed by atoms with van der Waals surface area (Å²) in [4.78, 5) is 30.5. The van der Waals surface area contributed by atoms with E-state index in [1.807, 2.05) is 19.9 Å². The van der Waals surface area contributed by atoms with Gasteiger partial charge in [-0.25, -0.2) is 4.98 Å². The second-order valence-electron chi connectivity index (χ2n) is 7.22. The van der Waals surface area contributed by atoms with E-state index in [9.17, 15) is 14.9 Å². The van der Waals surface area contributed by atoms with E-state index in [0.29, 0.717) is 36.9 Å². The summed E-state index contributed by atoms with van der Waals surface area (Å²) in [5.41, 5.74) is -0.310. The van der Waals surface area contributed by atoms with Crippen molar-refractivity contribution in [3.8, 4) is 6.07 Å². The molecule has 1 fully saturated rings. The van der Waals surface area contributed by atoms with E-state index in [4.69, 9.17) is 4.42 Å². The van der Waals surface area contributed by atoms with Crippen LogP contribution in [0, 0.1) is 36.0 Å². The van der Waals surface area contributed by atoms with Crippen LogP contribution in [0.15, 0.2) is 16.1 Å². The van der Waals surface area contributed by atoms with Crippen molar-refractivity contribution in [1.82, 2.24) is 9.88 Å². The highest BCUT2D eigenvalue weighted by Crippen LogP contribution is 2.48. The molecule has 0 unspecified atom stereocenters. The fourth-order valence-electron chi connectivity index (χ4n) is 3.77. The third-order valence-electron chi connectivity index (χ3n) is 4.63. The van der Waals surface area contributed by atoms with Crippen LogP contribution in [0.2, 0.25) is 0 Å². The normalized spacial score (nSPS) is 21.6. The zero-order valence-corrected chi connectivity index (χ0v) is 13.8. The maximum absolute atomic E-state index is 12.5. The minimum atomic E-state index is -0.574. The summed E-state index contributed by atoms with van der Waals surface area (Å²) in [5, 5.41) is 9.20. The number of hydrogen-bond acceptors (Lipinski definition) is 5. The van der Waals surface area contributed by atoms with Crippen LogP contribution in [0.25, 0.3) is 0 Å². The first-order valence-corrected chi connectivity index (χ1v) is 7.58. The van der Waals surface area contributed by atoms with Gasteiger partial charge in [0, 0.05) is 30.8 Å². The standard InChI is InChI=1S/C17H19N3O3/c1-10-13(19-11(2)23-10)15(22)20-8-17(9-20)5-12(6-18)14(21)16(3,4)7-17/h5H,7-9H2,1-4H3. The predicted molar refractivity (Wildman–Crippen MR) is 81.4 cm³/mol. The molecule has 0 radical (unpaired) electrons. The predicted octanol–water partition coefficient (Wildman–Crippen LogP) is 2.18. The molecule has 2 heterocycles. The van der Waals surface area contributed by atoms with E-state index in [2.05, 4.69) is 4.98 Å². The molecule has 120 valence electrons. The molecule has 1 aromatic heterocycles. The first-order valence-electron chi connectivity index (χ1n) is 7.58. The molecule has 23 heavy (non-hydrogen) atoms. The molecule has 6 nitrogen and oxygen atoms in total. The van der Waals surface area contributed by atoms with Crippen LogP contribution in [0.3, 0.4) is 0 Å². The van der Waals surface area contributed by atoms with Gasteiger partial charge in [-0.1, -0.05) is 19.9 Å². The second-order valence-corrected chi connectivity index (χ2v) is 7.22. The number of carbonyl (C=O) groups excluding carboxylic acids is 2. The molecule has 1 aliphatic heterocycles. The highest BCUT2D eigenvalue weighted by atomic mass is 16.4. The molecule has 0 atom stereocenters. The summed E-state index contributed by atoms with van der Waals surface area (Å²) in [6.45, 7) is 8.14. The monoisotopic (exact) mass is 313 g/mol. The van der Waals surface area contributed by atoms with Crippen molar-refractivity contribution in [2.75, 3.05) is 13.1 Å². The van der Waals surface area contributed by atoms with E-state index in [1.165, 1.54) is 0 Å². The number of nitriles is 1. The quantitative estimate of drug-likeness (QED) is 0.793. The molecule has 1 amide bonds. The number of nitrogens with zero attached hydrogens (tertiary/aromatic N) is 3. The molecule has 0 aromatic carbocycles. The van der Waals surface area contributed by atoms with Gasteiger partial charge in [-0.15, -0.1) is 0 Å². The lowest BCUT2D eigenvalue weighted by Crippen LogP contribution is -2.61. The minimum Gasteiger partial charge on any atom is -0.445 e. The lowest BCUT2D eigenvalue weighted by molar-refractivity contribution is -0.127. The Morgan fingerprint density at radius 3 is 2.57 bits per heavy atom. The Morgan fingerprint density at radius 1 is 1.39 bits per heavy atom. The molecule has 0 saturated carbocycles. The molecule has 1 spiro atoms. The third kappa shape index (κ3) is 2.37. The molecule has 0 bridgehead atoms. The molecule has 3 rings (SSSR count). The number of aromatic nitrogens is 1. The zero-order valence-electron chi connectivity index (χ0n) is 13.8. The van der Waals surface area contributed by atoms with Crippen molar-refractivity contribution < 1.29 is 14.0 Å². The summed E-state index contributed by atoms with van der Waals surface area (Å²) in [5.74, 6) is 0.711. The highest BCUT2D eigenvalue weighted by Gasteiger charge is 2.52. The number of likely N-dealkylation sites (tertiary alicyclic amines) is 1. The number of ketones is 1. The van der Waals surface area contributed by atoms with Gasteiger partial charge in [0.25, 0.3) is 5.91 Å². The number of rotatable bonds is 1. The van der Waals surface area contributed by atoms with Crippen LogP contribution in [0.5, 0.6) is 0 Å². The number of allylic oxidation sites excluding steroid dienone is 1. The van der Waals surface area contributed by atoms with E-state index in [0.717, 1.165) is 0 Å². The summed E-state index contributed by atoms with van der Waals surface area (Å²) in [6, 6.07) is 2.00. The molecule has 1 aromatic rings. The summed E-state index contributed by atoms with van der Waals surface area (Å²) >= 11 is 0. The first-order chi connectivity index (χ1) is 10.7. The number of aryl methyl sites for hydroxylation is 2. The second kappa shape index (κ2) is 4.79. The van der Waals surface area contributed by atoms with Crippen molar-refractivity contribution in [3.05, 3.63) is 29.0 Å². The Kier molecular flexibility index (Phi) is 3.22. The third-order valence-corrected chi connectivity index (χ3v) is 4.63. The smallest absolute Gasteiger partial charge is 0.276 e. The molecule has 6 heteroatoms. The fraction of sp³-hybridized carbons (Fsp3) is 0.529. The summed E-state index contributed by atoms with van der Waals surface area (Å²) < 4.78 is 5.31. The van der Waals surface area contributed by atoms with Gasteiger partial charge in [0.1, 0.15) is 11.8 Å². The molecule has 0 N–H and O–H groups in total. The van der Waals surface area contributed by atoms with Gasteiger partial charge in [-0.3, -0.25) is 9.59 Å².